The standard InChI is InChI=1S/C5H8BrNO3/c1-4(2-6)7-10-3-5(8)9/h2-3H2,1H3,(H,8,9)/b7-4+. The molecule has 0 aliphatic rings. The molecule has 0 aromatic heterocycles. The zero-order valence-electron chi connectivity index (χ0n) is 5.50. The molecule has 0 amide bonds. The monoisotopic (exact) mass is 209 g/mol. The number of halogens is 1. The maximum Gasteiger partial charge on any atom is 0.344 e. The lowest BCUT2D eigenvalue weighted by Gasteiger charge is -1.94. The van der Waals surface area contributed by atoms with Crippen LogP contribution in [0.5, 0.6) is 0 Å². The molecule has 0 fully saturated rings. The molecular formula is C5H8BrNO3. The highest BCUT2D eigenvalue weighted by Crippen LogP contribution is 1.86. The van der Waals surface area contributed by atoms with E-state index in [4.69, 9.17) is 5.11 Å². The molecule has 5 heteroatoms. The van der Waals surface area contributed by atoms with Crippen LogP contribution in [0.2, 0.25) is 0 Å². The molecule has 0 atom stereocenters. The summed E-state index contributed by atoms with van der Waals surface area (Å²) in [6.07, 6.45) is 0. The van der Waals surface area contributed by atoms with Crippen molar-refractivity contribution in [3.05, 3.63) is 0 Å². The predicted octanol–water partition coefficient (Wildman–Crippen LogP) is 0.858. The fraction of sp³-hybridized carbons (Fsp3) is 0.600. The highest BCUT2D eigenvalue weighted by Gasteiger charge is 1.94. The van der Waals surface area contributed by atoms with E-state index in [-0.39, 0.29) is 6.61 Å². The molecule has 0 aromatic rings. The summed E-state index contributed by atoms with van der Waals surface area (Å²) in [6, 6.07) is 0. The molecule has 0 unspecified atom stereocenters. The Labute approximate surface area is 67.0 Å². The van der Waals surface area contributed by atoms with Gasteiger partial charge in [0.05, 0.1) is 5.71 Å². The van der Waals surface area contributed by atoms with E-state index in [1.54, 1.807) is 6.92 Å². The van der Waals surface area contributed by atoms with E-state index in [0.717, 1.165) is 0 Å². The van der Waals surface area contributed by atoms with Gasteiger partial charge in [-0.25, -0.2) is 4.79 Å². The van der Waals surface area contributed by atoms with Gasteiger partial charge in [-0.1, -0.05) is 21.1 Å². The van der Waals surface area contributed by atoms with E-state index in [1.165, 1.54) is 0 Å². The maximum absolute atomic E-state index is 9.86. The molecule has 0 aromatic carbocycles. The lowest BCUT2D eigenvalue weighted by molar-refractivity contribution is -0.142. The van der Waals surface area contributed by atoms with Crippen LogP contribution < -0.4 is 0 Å². The van der Waals surface area contributed by atoms with Crippen LogP contribution in [0.25, 0.3) is 0 Å². The Morgan fingerprint density at radius 3 is 2.80 bits per heavy atom. The molecule has 0 radical (unpaired) electrons. The Morgan fingerprint density at radius 2 is 2.40 bits per heavy atom. The highest BCUT2D eigenvalue weighted by atomic mass is 79.9. The van der Waals surface area contributed by atoms with E-state index in [1.807, 2.05) is 0 Å². The quantitative estimate of drug-likeness (QED) is 0.425. The van der Waals surface area contributed by atoms with Crippen molar-refractivity contribution in [3.8, 4) is 0 Å². The Morgan fingerprint density at radius 1 is 1.80 bits per heavy atom. The van der Waals surface area contributed by atoms with Gasteiger partial charge in [0, 0.05) is 5.33 Å². The smallest absolute Gasteiger partial charge is 0.344 e. The van der Waals surface area contributed by atoms with Gasteiger partial charge in [0.25, 0.3) is 0 Å². The van der Waals surface area contributed by atoms with Crippen LogP contribution in [0.15, 0.2) is 5.16 Å². The molecule has 0 aliphatic carbocycles. The summed E-state index contributed by atoms with van der Waals surface area (Å²) in [7, 11) is 0. The number of alkyl halides is 1. The highest BCUT2D eigenvalue weighted by molar-refractivity contribution is 9.09. The third-order valence-corrected chi connectivity index (χ3v) is 1.41. The second-order valence-corrected chi connectivity index (χ2v) is 2.19. The summed E-state index contributed by atoms with van der Waals surface area (Å²) in [6.45, 7) is 1.35. The van der Waals surface area contributed by atoms with Gasteiger partial charge in [0.1, 0.15) is 0 Å². The average Bonchev–Trinajstić information content (AvgIpc) is 1.87. The molecule has 0 saturated heterocycles. The molecule has 0 heterocycles. The molecule has 0 rings (SSSR count). The van der Waals surface area contributed by atoms with Crippen LogP contribution in [0.1, 0.15) is 6.92 Å². The van der Waals surface area contributed by atoms with Gasteiger partial charge < -0.3 is 9.94 Å². The van der Waals surface area contributed by atoms with Gasteiger partial charge in [-0.2, -0.15) is 0 Å². The van der Waals surface area contributed by atoms with Gasteiger partial charge in [-0.15, -0.1) is 0 Å². The second-order valence-electron chi connectivity index (χ2n) is 1.63. The number of rotatable bonds is 4. The van der Waals surface area contributed by atoms with Crippen LogP contribution in [-0.4, -0.2) is 28.7 Å². The van der Waals surface area contributed by atoms with Crippen LogP contribution in [-0.2, 0) is 9.63 Å². The zero-order chi connectivity index (χ0) is 7.98. The minimum Gasteiger partial charge on any atom is -0.479 e. The van der Waals surface area contributed by atoms with Crippen molar-refractivity contribution in [1.29, 1.82) is 0 Å². The normalized spacial score (nSPS) is 11.2. The van der Waals surface area contributed by atoms with Crippen molar-refractivity contribution in [3.63, 3.8) is 0 Å². The molecule has 10 heavy (non-hydrogen) atoms. The lowest BCUT2D eigenvalue weighted by Crippen LogP contribution is -2.05. The summed E-state index contributed by atoms with van der Waals surface area (Å²) in [5.41, 5.74) is 0.709. The molecule has 58 valence electrons. The fourth-order valence-electron chi connectivity index (χ4n) is 0.222. The number of hydrogen-bond donors (Lipinski definition) is 1. The number of carbonyl (C=O) groups is 1. The minimum atomic E-state index is -1.02. The first-order valence-corrected chi connectivity index (χ1v) is 3.72. The number of aliphatic carboxylic acids is 1. The topological polar surface area (TPSA) is 58.9 Å². The Bertz CT molecular complexity index is 146. The van der Waals surface area contributed by atoms with Crippen molar-refractivity contribution in [2.45, 2.75) is 6.92 Å². The molecule has 0 bridgehead atoms. The molecule has 0 saturated carbocycles. The predicted molar refractivity (Wildman–Crippen MR) is 40.5 cm³/mol. The number of hydrogen-bond acceptors (Lipinski definition) is 3. The summed E-state index contributed by atoms with van der Waals surface area (Å²) >= 11 is 3.12. The molecule has 1 N–H and O–H groups in total. The molecule has 0 spiro atoms. The summed E-state index contributed by atoms with van der Waals surface area (Å²) in [5, 5.41) is 12.2. The van der Waals surface area contributed by atoms with Crippen molar-refractivity contribution in [1.82, 2.24) is 0 Å². The van der Waals surface area contributed by atoms with E-state index in [2.05, 4.69) is 25.9 Å². The Kier molecular flexibility index (Phi) is 4.92. The van der Waals surface area contributed by atoms with Gasteiger partial charge in [-0.3, -0.25) is 0 Å². The van der Waals surface area contributed by atoms with Crippen molar-refractivity contribution in [2.24, 2.45) is 5.16 Å². The summed E-state index contributed by atoms with van der Waals surface area (Å²) in [4.78, 5) is 14.3. The Balaban J connectivity index is 3.43. The number of nitrogens with zero attached hydrogens (tertiary/aromatic N) is 1. The minimum absolute atomic E-state index is 0.385. The summed E-state index contributed by atoms with van der Waals surface area (Å²) < 4.78 is 0. The van der Waals surface area contributed by atoms with Crippen molar-refractivity contribution >= 4 is 27.6 Å². The van der Waals surface area contributed by atoms with Crippen LogP contribution in [0, 0.1) is 0 Å². The first kappa shape index (κ1) is 9.42. The zero-order valence-corrected chi connectivity index (χ0v) is 7.09. The van der Waals surface area contributed by atoms with E-state index in [9.17, 15) is 4.79 Å². The molecule has 0 aliphatic heterocycles. The second kappa shape index (κ2) is 5.22. The van der Waals surface area contributed by atoms with E-state index in [0.29, 0.717) is 11.0 Å². The average molecular weight is 210 g/mol. The molecule has 4 nitrogen and oxygen atoms in total. The van der Waals surface area contributed by atoms with E-state index < -0.39 is 5.97 Å². The third-order valence-electron chi connectivity index (χ3n) is 0.602. The van der Waals surface area contributed by atoms with Gasteiger partial charge >= 0.3 is 5.97 Å². The third kappa shape index (κ3) is 5.55. The van der Waals surface area contributed by atoms with Crippen LogP contribution >= 0.6 is 15.9 Å². The SMILES string of the molecule is C/C(CBr)=N\OCC(=O)O. The number of oxime groups is 1. The van der Waals surface area contributed by atoms with Crippen molar-refractivity contribution in [2.75, 3.05) is 11.9 Å². The van der Waals surface area contributed by atoms with Crippen LogP contribution in [0.4, 0.5) is 0 Å². The van der Waals surface area contributed by atoms with Gasteiger partial charge in [0.15, 0.2) is 0 Å². The first-order chi connectivity index (χ1) is 4.66. The van der Waals surface area contributed by atoms with Crippen molar-refractivity contribution < 1.29 is 14.7 Å². The largest absolute Gasteiger partial charge is 0.479 e. The lowest BCUT2D eigenvalue weighted by atomic mass is 10.5. The first-order valence-electron chi connectivity index (χ1n) is 2.60. The van der Waals surface area contributed by atoms with Gasteiger partial charge in [0.2, 0.25) is 6.61 Å². The molecular weight excluding hydrogens is 202 g/mol. The van der Waals surface area contributed by atoms with E-state index >= 15 is 0 Å². The number of carboxylic acid groups (broad SMARTS) is 1. The Hall–Kier alpha value is -0.580. The summed E-state index contributed by atoms with van der Waals surface area (Å²) in [5.74, 6) is -1.02. The fourth-order valence-corrected chi connectivity index (χ4v) is 0.324. The maximum atomic E-state index is 9.86. The number of carboxylic acids is 1. The van der Waals surface area contributed by atoms with Gasteiger partial charge in [-0.05, 0) is 6.92 Å². The van der Waals surface area contributed by atoms with Crippen LogP contribution in [0.3, 0.4) is 0 Å².